The van der Waals surface area contributed by atoms with Gasteiger partial charge in [-0.05, 0) is 32.7 Å². The van der Waals surface area contributed by atoms with Crippen LogP contribution in [-0.4, -0.2) is 42.7 Å². The molecule has 0 aromatic heterocycles. The molecule has 1 saturated carbocycles. The molecule has 0 amide bonds. The van der Waals surface area contributed by atoms with Gasteiger partial charge in [-0.3, -0.25) is 4.90 Å². The molecule has 0 heterocycles. The third kappa shape index (κ3) is 3.52. The lowest BCUT2D eigenvalue weighted by Crippen LogP contribution is -2.41. The minimum atomic E-state index is 0.419. The highest BCUT2D eigenvalue weighted by molar-refractivity contribution is 7.80. The Balaban J connectivity index is 2.38. The minimum absolute atomic E-state index is 0.419. The van der Waals surface area contributed by atoms with Crippen molar-refractivity contribution in [3.05, 3.63) is 0 Å². The van der Waals surface area contributed by atoms with E-state index in [-0.39, 0.29) is 0 Å². The molecule has 2 atom stereocenters. The van der Waals surface area contributed by atoms with Gasteiger partial charge in [0.05, 0.1) is 11.1 Å². The molecule has 0 aliphatic heterocycles. The Kier molecular flexibility index (Phi) is 4.78. The van der Waals surface area contributed by atoms with Gasteiger partial charge in [-0.2, -0.15) is 0 Å². The molecular formula is C10H20N2OS. The van der Waals surface area contributed by atoms with Crippen molar-refractivity contribution in [2.24, 2.45) is 5.73 Å². The van der Waals surface area contributed by atoms with Crippen molar-refractivity contribution < 1.29 is 4.74 Å². The molecule has 0 radical (unpaired) electrons. The first-order chi connectivity index (χ1) is 6.63. The molecule has 4 heteroatoms. The summed E-state index contributed by atoms with van der Waals surface area (Å²) in [5.41, 5.74) is 5.53. The number of hydrogen-bond donors (Lipinski definition) is 1. The lowest BCUT2D eigenvalue weighted by atomic mass is 9.92. The van der Waals surface area contributed by atoms with Crippen LogP contribution in [-0.2, 0) is 4.74 Å². The molecule has 0 spiro atoms. The number of ether oxygens (including phenoxy) is 1. The van der Waals surface area contributed by atoms with Crippen LogP contribution in [0, 0.1) is 0 Å². The second-order valence-corrected chi connectivity index (χ2v) is 4.58. The maximum Gasteiger partial charge on any atom is 0.0870 e. The normalized spacial score (nSPS) is 27.9. The van der Waals surface area contributed by atoms with E-state index in [1.54, 1.807) is 7.11 Å². The molecule has 1 aliphatic carbocycles. The number of rotatable bonds is 4. The zero-order valence-electron chi connectivity index (χ0n) is 9.03. The van der Waals surface area contributed by atoms with E-state index < -0.39 is 0 Å². The van der Waals surface area contributed by atoms with Crippen LogP contribution in [0.2, 0.25) is 0 Å². The fraction of sp³-hybridized carbons (Fsp3) is 0.900. The molecule has 2 N–H and O–H groups in total. The number of nitrogens with zero attached hydrogens (tertiary/aromatic N) is 1. The number of thiocarbonyl (C=S) groups is 1. The summed E-state index contributed by atoms with van der Waals surface area (Å²) in [6, 6.07) is 0.579. The van der Waals surface area contributed by atoms with Crippen molar-refractivity contribution in [2.45, 2.75) is 37.8 Å². The topological polar surface area (TPSA) is 38.5 Å². The predicted octanol–water partition coefficient (Wildman–Crippen LogP) is 1.16. The molecule has 0 saturated heterocycles. The maximum atomic E-state index is 5.53. The predicted molar refractivity (Wildman–Crippen MR) is 62.5 cm³/mol. The van der Waals surface area contributed by atoms with Gasteiger partial charge in [0.25, 0.3) is 0 Å². The summed E-state index contributed by atoms with van der Waals surface area (Å²) in [6.45, 7) is 0.719. The van der Waals surface area contributed by atoms with E-state index in [1.165, 1.54) is 19.3 Å². The Morgan fingerprint density at radius 3 is 2.86 bits per heavy atom. The van der Waals surface area contributed by atoms with Gasteiger partial charge < -0.3 is 10.5 Å². The smallest absolute Gasteiger partial charge is 0.0870 e. The van der Waals surface area contributed by atoms with Crippen molar-refractivity contribution in [1.29, 1.82) is 0 Å². The summed E-state index contributed by atoms with van der Waals surface area (Å²) >= 11 is 4.90. The number of methoxy groups -OCH3 is 1. The van der Waals surface area contributed by atoms with Gasteiger partial charge in [0.1, 0.15) is 0 Å². The average molecular weight is 216 g/mol. The van der Waals surface area contributed by atoms with Gasteiger partial charge in [-0.25, -0.2) is 0 Å². The van der Waals surface area contributed by atoms with E-state index in [2.05, 4.69) is 11.9 Å². The van der Waals surface area contributed by atoms with Gasteiger partial charge in [0.2, 0.25) is 0 Å². The SMILES string of the molecule is COC1CCCC(N(C)CC(N)=S)C1. The Morgan fingerprint density at radius 1 is 1.57 bits per heavy atom. The number of nitrogens with two attached hydrogens (primary N) is 1. The van der Waals surface area contributed by atoms with Crippen LogP contribution in [0.1, 0.15) is 25.7 Å². The van der Waals surface area contributed by atoms with Crippen LogP contribution in [0.3, 0.4) is 0 Å². The van der Waals surface area contributed by atoms with Crippen molar-refractivity contribution in [2.75, 3.05) is 20.7 Å². The first-order valence-corrected chi connectivity index (χ1v) is 5.55. The minimum Gasteiger partial charge on any atom is -0.392 e. The molecule has 3 nitrogen and oxygen atoms in total. The molecular weight excluding hydrogens is 196 g/mol. The standard InChI is InChI=1S/C10H20N2OS/c1-12(7-10(11)14)8-4-3-5-9(6-8)13-2/h8-9H,3-7H2,1-2H3,(H2,11,14). The van der Waals surface area contributed by atoms with Crippen molar-refractivity contribution in [1.82, 2.24) is 4.90 Å². The Bertz CT molecular complexity index is 199. The molecule has 14 heavy (non-hydrogen) atoms. The third-order valence-electron chi connectivity index (χ3n) is 2.96. The number of hydrogen-bond acceptors (Lipinski definition) is 3. The highest BCUT2D eigenvalue weighted by atomic mass is 32.1. The molecule has 82 valence electrons. The lowest BCUT2D eigenvalue weighted by molar-refractivity contribution is 0.0380. The van der Waals surface area contributed by atoms with E-state index in [9.17, 15) is 0 Å². The van der Waals surface area contributed by atoms with Crippen molar-refractivity contribution >= 4 is 17.2 Å². The van der Waals surface area contributed by atoms with E-state index in [1.807, 2.05) is 0 Å². The summed E-state index contributed by atoms with van der Waals surface area (Å²) in [6.07, 6.45) is 5.19. The Labute approximate surface area is 91.6 Å². The molecule has 1 rings (SSSR count). The second-order valence-electron chi connectivity index (χ2n) is 4.06. The zero-order valence-corrected chi connectivity index (χ0v) is 9.85. The molecule has 0 aromatic carbocycles. The van der Waals surface area contributed by atoms with Gasteiger partial charge >= 0.3 is 0 Å². The van der Waals surface area contributed by atoms with Crippen LogP contribution in [0.5, 0.6) is 0 Å². The van der Waals surface area contributed by atoms with Crippen LogP contribution in [0.15, 0.2) is 0 Å². The first-order valence-electron chi connectivity index (χ1n) is 5.14. The van der Waals surface area contributed by atoms with Crippen molar-refractivity contribution in [3.8, 4) is 0 Å². The molecule has 1 aliphatic rings. The van der Waals surface area contributed by atoms with Gasteiger partial charge in [0, 0.05) is 19.7 Å². The number of likely N-dealkylation sites (N-methyl/N-ethyl adjacent to an activating group) is 1. The van der Waals surface area contributed by atoms with Gasteiger partial charge in [-0.15, -0.1) is 0 Å². The van der Waals surface area contributed by atoms with Gasteiger partial charge in [-0.1, -0.05) is 12.2 Å². The summed E-state index contributed by atoms with van der Waals surface area (Å²) in [4.78, 5) is 2.82. The maximum absolute atomic E-state index is 5.53. The summed E-state index contributed by atoms with van der Waals surface area (Å²) in [7, 11) is 3.88. The van der Waals surface area contributed by atoms with Crippen LogP contribution < -0.4 is 5.73 Å². The van der Waals surface area contributed by atoms with Crippen molar-refractivity contribution in [3.63, 3.8) is 0 Å². The third-order valence-corrected chi connectivity index (χ3v) is 3.09. The lowest BCUT2D eigenvalue weighted by Gasteiger charge is -2.34. The fourth-order valence-electron chi connectivity index (χ4n) is 2.11. The largest absolute Gasteiger partial charge is 0.392 e. The molecule has 0 bridgehead atoms. The Morgan fingerprint density at radius 2 is 2.29 bits per heavy atom. The highest BCUT2D eigenvalue weighted by Crippen LogP contribution is 2.23. The van der Waals surface area contributed by atoms with Crippen LogP contribution >= 0.6 is 12.2 Å². The van der Waals surface area contributed by atoms with Crippen LogP contribution in [0.4, 0.5) is 0 Å². The first kappa shape index (κ1) is 11.9. The molecule has 0 aromatic rings. The van der Waals surface area contributed by atoms with Gasteiger partial charge in [0.15, 0.2) is 0 Å². The summed E-state index contributed by atoms with van der Waals surface area (Å²) in [5, 5.41) is 0. The second kappa shape index (κ2) is 5.63. The average Bonchev–Trinajstić information content (AvgIpc) is 2.17. The molecule has 1 fully saturated rings. The summed E-state index contributed by atoms with van der Waals surface area (Å²) < 4.78 is 5.39. The van der Waals surface area contributed by atoms with E-state index >= 15 is 0 Å². The zero-order chi connectivity index (χ0) is 10.6. The fourth-order valence-corrected chi connectivity index (χ4v) is 2.31. The van der Waals surface area contributed by atoms with E-state index in [0.29, 0.717) is 17.1 Å². The highest BCUT2D eigenvalue weighted by Gasteiger charge is 2.24. The molecule has 2 unspecified atom stereocenters. The quantitative estimate of drug-likeness (QED) is 0.716. The van der Waals surface area contributed by atoms with E-state index in [0.717, 1.165) is 13.0 Å². The monoisotopic (exact) mass is 216 g/mol. The summed E-state index contributed by atoms with van der Waals surface area (Å²) in [5.74, 6) is 0. The van der Waals surface area contributed by atoms with Crippen LogP contribution in [0.25, 0.3) is 0 Å². The van der Waals surface area contributed by atoms with E-state index in [4.69, 9.17) is 22.7 Å². The Hall–Kier alpha value is -0.190.